The number of carbonyl (C=O) groups excluding carboxylic acids is 1. The van der Waals surface area contributed by atoms with Gasteiger partial charge in [-0.05, 0) is 56.6 Å². The average molecular weight is 417 g/mol. The Kier molecular flexibility index (Phi) is 5.33. The van der Waals surface area contributed by atoms with Crippen LogP contribution < -0.4 is 10.5 Å². The van der Waals surface area contributed by atoms with E-state index in [1.54, 1.807) is 24.4 Å². The van der Waals surface area contributed by atoms with E-state index in [0.717, 1.165) is 15.3 Å². The summed E-state index contributed by atoms with van der Waals surface area (Å²) in [5.41, 5.74) is 0.572. The predicted molar refractivity (Wildman–Crippen MR) is 117 cm³/mol. The van der Waals surface area contributed by atoms with Crippen LogP contribution in [-0.2, 0) is 4.74 Å². The summed E-state index contributed by atoms with van der Waals surface area (Å²) in [5, 5.41) is 4.93. The molecule has 7 heteroatoms. The Morgan fingerprint density at radius 3 is 2.50 bits per heavy atom. The Morgan fingerprint density at radius 1 is 1.18 bits per heavy atom. The Balaban J connectivity index is 2.06. The van der Waals surface area contributed by atoms with Crippen LogP contribution in [0.1, 0.15) is 31.1 Å². The van der Waals surface area contributed by atoms with Crippen molar-refractivity contribution >= 4 is 52.2 Å². The highest BCUT2D eigenvalue weighted by Crippen LogP contribution is 2.34. The second-order valence-electron chi connectivity index (χ2n) is 8.80. The van der Waals surface area contributed by atoms with Gasteiger partial charge in [-0.15, -0.1) is 0 Å². The van der Waals surface area contributed by atoms with Gasteiger partial charge in [0.2, 0.25) is 0 Å². The summed E-state index contributed by atoms with van der Waals surface area (Å²) < 4.78 is 25.5. The number of halogens is 1. The monoisotopic (exact) mass is 416 g/mol. The Bertz CT molecular complexity index is 1040. The third-order valence-electron chi connectivity index (χ3n) is 4.25. The molecule has 28 heavy (non-hydrogen) atoms. The number of anilines is 2. The van der Waals surface area contributed by atoms with Crippen molar-refractivity contribution in [3.63, 3.8) is 0 Å². The Morgan fingerprint density at radius 2 is 1.89 bits per heavy atom. The lowest BCUT2D eigenvalue weighted by molar-refractivity contribution is 0.00709. The standard InChI is InChI=1S/C21H25FN2O2SSi/c1-21(2,3)26-20(25)14-8-10-18-15(12-23-27-18)19(14)24-17-9-7-13(11-16(17)22)28(4,5)6/h7-12,24H,1-6H3. The number of aromatic nitrogens is 1. The van der Waals surface area contributed by atoms with E-state index in [4.69, 9.17) is 4.74 Å². The smallest absolute Gasteiger partial charge is 0.340 e. The molecule has 0 aliphatic carbocycles. The van der Waals surface area contributed by atoms with Gasteiger partial charge in [-0.1, -0.05) is 30.9 Å². The number of hydrogen-bond donors (Lipinski definition) is 1. The second kappa shape index (κ2) is 7.29. The van der Waals surface area contributed by atoms with Crippen LogP contribution >= 0.6 is 11.5 Å². The third kappa shape index (κ3) is 4.42. The number of hydrogen-bond acceptors (Lipinski definition) is 5. The number of benzene rings is 2. The number of fused-ring (bicyclic) bond motifs is 1. The average Bonchev–Trinajstić information content (AvgIpc) is 3.03. The highest BCUT2D eigenvalue weighted by Gasteiger charge is 2.23. The van der Waals surface area contributed by atoms with Gasteiger partial charge in [0.25, 0.3) is 0 Å². The molecule has 1 aromatic heterocycles. The Hall–Kier alpha value is -2.25. The van der Waals surface area contributed by atoms with Gasteiger partial charge in [0, 0.05) is 5.39 Å². The fourth-order valence-corrected chi connectivity index (χ4v) is 4.60. The van der Waals surface area contributed by atoms with Gasteiger partial charge in [-0.25, -0.2) is 9.18 Å². The molecular formula is C21H25FN2O2SSi. The van der Waals surface area contributed by atoms with Gasteiger partial charge in [0.15, 0.2) is 0 Å². The minimum Gasteiger partial charge on any atom is -0.456 e. The molecule has 0 saturated heterocycles. The van der Waals surface area contributed by atoms with Gasteiger partial charge in [0.05, 0.1) is 35.9 Å². The lowest BCUT2D eigenvalue weighted by Gasteiger charge is -2.21. The molecule has 4 nitrogen and oxygen atoms in total. The molecule has 0 radical (unpaired) electrons. The molecular weight excluding hydrogens is 391 g/mol. The van der Waals surface area contributed by atoms with E-state index in [9.17, 15) is 9.18 Å². The van der Waals surface area contributed by atoms with Crippen LogP contribution in [0.4, 0.5) is 15.8 Å². The van der Waals surface area contributed by atoms with Gasteiger partial charge < -0.3 is 10.1 Å². The molecule has 0 aliphatic rings. The van der Waals surface area contributed by atoms with Crippen molar-refractivity contribution < 1.29 is 13.9 Å². The van der Waals surface area contributed by atoms with Gasteiger partial charge >= 0.3 is 5.97 Å². The Labute approximate surface area is 169 Å². The largest absolute Gasteiger partial charge is 0.456 e. The molecule has 0 aliphatic heterocycles. The van der Waals surface area contributed by atoms with Crippen LogP contribution in [-0.4, -0.2) is 24.0 Å². The molecule has 0 spiro atoms. The van der Waals surface area contributed by atoms with E-state index in [0.29, 0.717) is 16.9 Å². The molecule has 3 rings (SSSR count). The van der Waals surface area contributed by atoms with E-state index in [-0.39, 0.29) is 5.82 Å². The normalized spacial score (nSPS) is 12.2. The molecule has 0 amide bonds. The van der Waals surface area contributed by atoms with Crippen molar-refractivity contribution in [2.24, 2.45) is 0 Å². The zero-order chi connectivity index (χ0) is 20.7. The summed E-state index contributed by atoms with van der Waals surface area (Å²) >= 11 is 1.33. The van der Waals surface area contributed by atoms with Crippen molar-refractivity contribution in [3.8, 4) is 0 Å². The zero-order valence-corrected chi connectivity index (χ0v) is 18.8. The maximum Gasteiger partial charge on any atom is 0.340 e. The van der Waals surface area contributed by atoms with E-state index < -0.39 is 19.6 Å². The maximum absolute atomic E-state index is 14.8. The number of rotatable bonds is 4. The highest BCUT2D eigenvalue weighted by molar-refractivity contribution is 7.13. The van der Waals surface area contributed by atoms with Gasteiger partial charge in [0.1, 0.15) is 11.4 Å². The van der Waals surface area contributed by atoms with Crippen molar-refractivity contribution in [2.45, 2.75) is 46.0 Å². The summed E-state index contributed by atoms with van der Waals surface area (Å²) in [7, 11) is -1.62. The summed E-state index contributed by atoms with van der Waals surface area (Å²) in [4.78, 5) is 12.7. The number of ether oxygens (including phenoxy) is 1. The van der Waals surface area contributed by atoms with E-state index in [1.807, 2.05) is 32.9 Å². The molecule has 0 bridgehead atoms. The number of nitrogens with one attached hydrogen (secondary N) is 1. The lowest BCUT2D eigenvalue weighted by atomic mass is 10.1. The number of esters is 1. The maximum atomic E-state index is 14.8. The molecule has 0 fully saturated rings. The topological polar surface area (TPSA) is 51.2 Å². The first-order valence-corrected chi connectivity index (χ1v) is 13.4. The first-order valence-electron chi connectivity index (χ1n) is 9.13. The van der Waals surface area contributed by atoms with Crippen LogP contribution in [0.25, 0.3) is 10.1 Å². The van der Waals surface area contributed by atoms with Crippen molar-refractivity contribution in [1.29, 1.82) is 0 Å². The van der Waals surface area contributed by atoms with Crippen molar-refractivity contribution in [3.05, 3.63) is 47.9 Å². The molecule has 1 N–H and O–H groups in total. The first-order chi connectivity index (χ1) is 13.0. The molecule has 0 atom stereocenters. The predicted octanol–water partition coefficient (Wildman–Crippen LogP) is 5.68. The number of carbonyl (C=O) groups is 1. The van der Waals surface area contributed by atoms with Crippen molar-refractivity contribution in [1.82, 2.24) is 4.37 Å². The SMILES string of the molecule is CC(C)(C)OC(=O)c1ccc2sncc2c1Nc1ccc([Si](C)(C)C)cc1F. The molecule has 2 aromatic carbocycles. The van der Waals surface area contributed by atoms with Crippen LogP contribution in [0.3, 0.4) is 0 Å². The van der Waals surface area contributed by atoms with Gasteiger partial charge in [-0.2, -0.15) is 4.37 Å². The van der Waals surface area contributed by atoms with Crippen LogP contribution in [0, 0.1) is 5.82 Å². The van der Waals surface area contributed by atoms with Gasteiger partial charge in [-0.3, -0.25) is 0 Å². The minimum atomic E-state index is -1.62. The molecule has 148 valence electrons. The van der Waals surface area contributed by atoms with E-state index >= 15 is 0 Å². The summed E-state index contributed by atoms with van der Waals surface area (Å²) in [6, 6.07) is 8.82. The molecule has 1 heterocycles. The summed E-state index contributed by atoms with van der Waals surface area (Å²) in [6.45, 7) is 12.0. The lowest BCUT2D eigenvalue weighted by Crippen LogP contribution is -2.37. The zero-order valence-electron chi connectivity index (χ0n) is 17.0. The fraction of sp³-hybridized carbons (Fsp3) is 0.333. The molecule has 3 aromatic rings. The quantitative estimate of drug-likeness (QED) is 0.439. The third-order valence-corrected chi connectivity index (χ3v) is 7.06. The fourth-order valence-electron chi connectivity index (χ4n) is 2.80. The van der Waals surface area contributed by atoms with Crippen LogP contribution in [0.5, 0.6) is 0 Å². The highest BCUT2D eigenvalue weighted by atomic mass is 32.1. The second-order valence-corrected chi connectivity index (χ2v) is 14.7. The van der Waals surface area contributed by atoms with E-state index in [2.05, 4.69) is 29.3 Å². The first kappa shape index (κ1) is 20.5. The van der Waals surface area contributed by atoms with Crippen LogP contribution in [0.15, 0.2) is 36.5 Å². The molecule has 0 saturated carbocycles. The summed E-state index contributed by atoms with van der Waals surface area (Å²) in [6.07, 6.45) is 1.69. The summed E-state index contributed by atoms with van der Waals surface area (Å²) in [5.74, 6) is -0.794. The number of nitrogens with zero attached hydrogens (tertiary/aromatic N) is 1. The van der Waals surface area contributed by atoms with Crippen molar-refractivity contribution in [2.75, 3.05) is 5.32 Å². The van der Waals surface area contributed by atoms with Crippen LogP contribution in [0.2, 0.25) is 19.6 Å². The van der Waals surface area contributed by atoms with E-state index in [1.165, 1.54) is 11.5 Å². The minimum absolute atomic E-state index is 0.325. The molecule has 0 unspecified atom stereocenters.